The normalized spacial score (nSPS) is 21.1. The van der Waals surface area contributed by atoms with Gasteiger partial charge in [-0.1, -0.05) is 19.1 Å². The van der Waals surface area contributed by atoms with Crippen LogP contribution in [-0.4, -0.2) is 59.2 Å². The van der Waals surface area contributed by atoms with Crippen LogP contribution in [0.2, 0.25) is 0 Å². The maximum atomic E-state index is 13.9. The number of piperazine rings is 1. The molecule has 2 rings (SSSR count). The molecule has 110 valence electrons. The summed E-state index contributed by atoms with van der Waals surface area (Å²) in [6.45, 7) is 8.83. The summed E-state index contributed by atoms with van der Waals surface area (Å²) in [7, 11) is -1.62. The van der Waals surface area contributed by atoms with Crippen LogP contribution in [-0.2, 0) is 6.54 Å². The average Bonchev–Trinajstić information content (AvgIpc) is 2.41. The maximum Gasteiger partial charge on any atom is 0.488 e. The predicted octanol–water partition coefficient (Wildman–Crippen LogP) is 0.0315. The predicted molar refractivity (Wildman–Crippen MR) is 78.2 cm³/mol. The van der Waals surface area contributed by atoms with E-state index in [-0.39, 0.29) is 11.3 Å². The number of hydrogen-bond donors (Lipinski definition) is 2. The minimum Gasteiger partial charge on any atom is -0.423 e. The van der Waals surface area contributed by atoms with E-state index in [1.165, 1.54) is 6.07 Å². The van der Waals surface area contributed by atoms with E-state index in [4.69, 9.17) is 10.0 Å². The molecule has 0 aromatic heterocycles. The number of rotatable bonds is 4. The molecule has 6 heteroatoms. The lowest BCUT2D eigenvalue weighted by atomic mass is 9.80. The molecule has 0 saturated carbocycles. The lowest BCUT2D eigenvalue weighted by molar-refractivity contribution is 0.0827. The van der Waals surface area contributed by atoms with Crippen molar-refractivity contribution < 1.29 is 14.4 Å². The van der Waals surface area contributed by atoms with Crippen molar-refractivity contribution in [1.29, 1.82) is 0 Å². The summed E-state index contributed by atoms with van der Waals surface area (Å²) >= 11 is 0. The van der Waals surface area contributed by atoms with Gasteiger partial charge in [0.1, 0.15) is 5.82 Å². The van der Waals surface area contributed by atoms with E-state index >= 15 is 0 Å². The van der Waals surface area contributed by atoms with Gasteiger partial charge < -0.3 is 10.0 Å². The number of likely N-dealkylation sites (N-methyl/N-ethyl adjacent to an activating group) is 1. The van der Waals surface area contributed by atoms with Gasteiger partial charge >= 0.3 is 7.12 Å². The molecule has 0 amide bonds. The summed E-state index contributed by atoms with van der Waals surface area (Å²) < 4.78 is 13.9. The molecule has 1 unspecified atom stereocenters. The van der Waals surface area contributed by atoms with Gasteiger partial charge in [-0.2, -0.15) is 0 Å². The van der Waals surface area contributed by atoms with Crippen molar-refractivity contribution in [1.82, 2.24) is 9.80 Å². The fourth-order valence-corrected chi connectivity index (χ4v) is 2.78. The third kappa shape index (κ3) is 3.58. The summed E-state index contributed by atoms with van der Waals surface area (Å²) in [5.74, 6) is -0.374. The van der Waals surface area contributed by atoms with Gasteiger partial charge in [0.05, 0.1) is 0 Å². The molecular weight excluding hydrogens is 258 g/mol. The first kappa shape index (κ1) is 15.4. The number of hydrogen-bond acceptors (Lipinski definition) is 4. The van der Waals surface area contributed by atoms with E-state index in [2.05, 4.69) is 23.6 Å². The van der Waals surface area contributed by atoms with Crippen LogP contribution in [0.1, 0.15) is 19.4 Å². The van der Waals surface area contributed by atoms with Crippen LogP contribution in [0.25, 0.3) is 0 Å². The first-order valence-corrected chi connectivity index (χ1v) is 7.12. The highest BCUT2D eigenvalue weighted by Crippen LogP contribution is 2.14. The van der Waals surface area contributed by atoms with Gasteiger partial charge in [-0.15, -0.1) is 0 Å². The van der Waals surface area contributed by atoms with E-state index in [0.29, 0.717) is 18.2 Å². The molecule has 4 nitrogen and oxygen atoms in total. The molecule has 1 atom stereocenters. The van der Waals surface area contributed by atoms with Crippen molar-refractivity contribution in [2.75, 3.05) is 26.2 Å². The summed E-state index contributed by atoms with van der Waals surface area (Å²) in [5, 5.41) is 18.0. The maximum absolute atomic E-state index is 13.9. The van der Waals surface area contributed by atoms with Crippen molar-refractivity contribution >= 4 is 12.6 Å². The fraction of sp³-hybridized carbons (Fsp3) is 0.571. The molecule has 1 fully saturated rings. The SMILES string of the molecule is CCN1CCN(Cc2ccc(B(O)O)cc2F)CC1C. The minimum absolute atomic E-state index is 0.190. The van der Waals surface area contributed by atoms with E-state index < -0.39 is 7.12 Å². The van der Waals surface area contributed by atoms with Crippen LogP contribution in [0.5, 0.6) is 0 Å². The molecule has 1 aromatic rings. The highest BCUT2D eigenvalue weighted by atomic mass is 19.1. The van der Waals surface area contributed by atoms with Gasteiger partial charge in [-0.05, 0) is 25.0 Å². The molecule has 1 aliphatic heterocycles. The van der Waals surface area contributed by atoms with Crippen LogP contribution in [0.4, 0.5) is 4.39 Å². The first-order chi connectivity index (χ1) is 9.51. The first-order valence-electron chi connectivity index (χ1n) is 7.12. The molecule has 0 radical (unpaired) electrons. The summed E-state index contributed by atoms with van der Waals surface area (Å²) in [6, 6.07) is 4.89. The monoisotopic (exact) mass is 280 g/mol. The Bertz CT molecular complexity index is 459. The van der Waals surface area contributed by atoms with E-state index in [1.54, 1.807) is 12.1 Å². The second kappa shape index (κ2) is 6.67. The van der Waals surface area contributed by atoms with Gasteiger partial charge in [-0.25, -0.2) is 4.39 Å². The highest BCUT2D eigenvalue weighted by molar-refractivity contribution is 6.58. The lowest BCUT2D eigenvalue weighted by Crippen LogP contribution is -2.51. The molecular formula is C14H22BFN2O2. The van der Waals surface area contributed by atoms with Gasteiger partial charge in [0.2, 0.25) is 0 Å². The van der Waals surface area contributed by atoms with Gasteiger partial charge in [0.15, 0.2) is 0 Å². The summed E-state index contributed by atoms with van der Waals surface area (Å²) in [4.78, 5) is 4.66. The third-order valence-electron chi connectivity index (χ3n) is 4.02. The molecule has 2 N–H and O–H groups in total. The second-order valence-corrected chi connectivity index (χ2v) is 5.44. The Kier molecular flexibility index (Phi) is 5.15. The van der Waals surface area contributed by atoms with E-state index in [1.807, 2.05) is 0 Å². The highest BCUT2D eigenvalue weighted by Gasteiger charge is 2.23. The second-order valence-electron chi connectivity index (χ2n) is 5.44. The number of benzene rings is 1. The molecule has 0 spiro atoms. The molecule has 20 heavy (non-hydrogen) atoms. The zero-order valence-corrected chi connectivity index (χ0v) is 12.1. The van der Waals surface area contributed by atoms with E-state index in [9.17, 15) is 4.39 Å². The van der Waals surface area contributed by atoms with Gasteiger partial charge in [0, 0.05) is 37.8 Å². The molecule has 1 aliphatic rings. The summed E-state index contributed by atoms with van der Waals surface area (Å²) in [6.07, 6.45) is 0. The zero-order chi connectivity index (χ0) is 14.7. The van der Waals surface area contributed by atoms with Crippen molar-refractivity contribution in [3.63, 3.8) is 0 Å². The van der Waals surface area contributed by atoms with Crippen LogP contribution >= 0.6 is 0 Å². The number of halogens is 1. The van der Waals surface area contributed by atoms with E-state index in [0.717, 1.165) is 26.2 Å². The Hall–Kier alpha value is -0.945. The summed E-state index contributed by atoms with van der Waals surface area (Å²) in [5.41, 5.74) is 0.793. The van der Waals surface area contributed by atoms with Gasteiger partial charge in [-0.3, -0.25) is 9.80 Å². The lowest BCUT2D eigenvalue weighted by Gasteiger charge is -2.39. The Morgan fingerprint density at radius 1 is 1.35 bits per heavy atom. The molecule has 0 aliphatic carbocycles. The zero-order valence-electron chi connectivity index (χ0n) is 12.1. The average molecular weight is 280 g/mol. The van der Waals surface area contributed by atoms with Crippen LogP contribution in [0.3, 0.4) is 0 Å². The Morgan fingerprint density at radius 2 is 2.10 bits per heavy atom. The topological polar surface area (TPSA) is 46.9 Å². The molecule has 1 heterocycles. The quantitative estimate of drug-likeness (QED) is 0.764. The number of nitrogens with zero attached hydrogens (tertiary/aromatic N) is 2. The Balaban J connectivity index is 2.00. The van der Waals surface area contributed by atoms with Crippen LogP contribution in [0, 0.1) is 5.82 Å². The third-order valence-corrected chi connectivity index (χ3v) is 4.02. The van der Waals surface area contributed by atoms with Crippen LogP contribution in [0.15, 0.2) is 18.2 Å². The molecule has 1 saturated heterocycles. The standard InChI is InChI=1S/C14H22BFN2O2/c1-3-18-7-6-17(9-11(18)2)10-12-4-5-13(15(19)20)8-14(12)16/h4-5,8,11,19-20H,3,6-7,9-10H2,1-2H3. The minimum atomic E-state index is -1.62. The van der Waals surface area contributed by atoms with Gasteiger partial charge in [0.25, 0.3) is 0 Å². The van der Waals surface area contributed by atoms with Crippen LogP contribution < -0.4 is 5.46 Å². The Morgan fingerprint density at radius 3 is 2.65 bits per heavy atom. The molecule has 1 aromatic carbocycles. The van der Waals surface area contributed by atoms with Crippen molar-refractivity contribution in [2.45, 2.75) is 26.4 Å². The van der Waals surface area contributed by atoms with Crippen molar-refractivity contribution in [2.24, 2.45) is 0 Å². The van der Waals surface area contributed by atoms with Crippen molar-refractivity contribution in [3.8, 4) is 0 Å². The smallest absolute Gasteiger partial charge is 0.423 e. The largest absolute Gasteiger partial charge is 0.488 e. The van der Waals surface area contributed by atoms with Crippen molar-refractivity contribution in [3.05, 3.63) is 29.6 Å². The molecule has 0 bridgehead atoms. The Labute approximate surface area is 120 Å². The fourth-order valence-electron chi connectivity index (χ4n) is 2.78.